The smallest absolute Gasteiger partial charge is 0.226 e. The maximum Gasteiger partial charge on any atom is 0.226 e. The van der Waals surface area contributed by atoms with Gasteiger partial charge in [0.1, 0.15) is 11.6 Å². The Morgan fingerprint density at radius 1 is 1.48 bits per heavy atom. The molecule has 1 saturated heterocycles. The summed E-state index contributed by atoms with van der Waals surface area (Å²) in [4.78, 5) is 13.8. The zero-order chi connectivity index (χ0) is 16.9. The van der Waals surface area contributed by atoms with Gasteiger partial charge in [-0.1, -0.05) is 6.07 Å². The number of hydrogen-bond acceptors (Lipinski definition) is 4. The van der Waals surface area contributed by atoms with E-state index >= 15 is 0 Å². The fourth-order valence-corrected chi connectivity index (χ4v) is 3.37. The van der Waals surface area contributed by atoms with Crippen molar-refractivity contribution in [3.8, 4) is 5.75 Å². The number of carbonyl (C=O) groups is 1. The number of benzene rings is 1. The van der Waals surface area contributed by atoms with Crippen molar-refractivity contribution in [1.82, 2.24) is 9.62 Å². The molecule has 1 aliphatic heterocycles. The lowest BCUT2D eigenvalue weighted by Crippen LogP contribution is -2.49. The van der Waals surface area contributed by atoms with Gasteiger partial charge in [0.05, 0.1) is 19.3 Å². The molecule has 128 valence electrons. The number of hydrogen-bond donors (Lipinski definition) is 1. The molecule has 0 aliphatic carbocycles. The Morgan fingerprint density at radius 2 is 2.26 bits per heavy atom. The molecule has 1 fully saturated rings. The largest absolute Gasteiger partial charge is 0.493 e. The average Bonchev–Trinajstić information content (AvgIpc) is 2.45. The van der Waals surface area contributed by atoms with Gasteiger partial charge in [-0.2, -0.15) is 0 Å². The molecular weight excluding hydrogens is 323 g/mol. The van der Waals surface area contributed by atoms with Crippen molar-refractivity contribution in [3.05, 3.63) is 30.1 Å². The number of nitrogens with one attached hydrogen (secondary N) is 1. The third-order valence-electron chi connectivity index (χ3n) is 3.54. The summed E-state index contributed by atoms with van der Waals surface area (Å²) in [5, 5.41) is 0. The van der Waals surface area contributed by atoms with Crippen molar-refractivity contribution >= 4 is 15.9 Å². The average molecular weight is 344 g/mol. The highest BCUT2D eigenvalue weighted by atomic mass is 32.2. The minimum absolute atomic E-state index is 0.0959. The molecule has 0 radical (unpaired) electrons. The number of amides is 1. The fourth-order valence-electron chi connectivity index (χ4n) is 2.57. The Bertz CT molecular complexity index is 651. The predicted molar refractivity (Wildman–Crippen MR) is 84.1 cm³/mol. The van der Waals surface area contributed by atoms with Gasteiger partial charge < -0.3 is 9.64 Å². The third-order valence-corrected chi connectivity index (χ3v) is 4.30. The number of halogens is 1. The molecule has 8 heteroatoms. The minimum Gasteiger partial charge on any atom is -0.493 e. The van der Waals surface area contributed by atoms with Crippen LogP contribution in [0.25, 0.3) is 0 Å². The van der Waals surface area contributed by atoms with Crippen LogP contribution in [0.15, 0.2) is 24.3 Å². The van der Waals surface area contributed by atoms with Crippen molar-refractivity contribution in [1.29, 1.82) is 0 Å². The molecule has 1 aliphatic rings. The first kappa shape index (κ1) is 17.7. The van der Waals surface area contributed by atoms with Crippen molar-refractivity contribution in [3.63, 3.8) is 0 Å². The predicted octanol–water partition coefficient (Wildman–Crippen LogP) is 1.13. The van der Waals surface area contributed by atoms with E-state index in [1.807, 2.05) is 0 Å². The Labute approximate surface area is 135 Å². The molecule has 0 unspecified atom stereocenters. The van der Waals surface area contributed by atoms with Crippen LogP contribution in [0, 0.1) is 5.82 Å². The second-order valence-electron chi connectivity index (χ2n) is 5.62. The number of ether oxygens (including phenoxy) is 1. The van der Waals surface area contributed by atoms with Gasteiger partial charge in [-0.3, -0.25) is 4.79 Å². The Balaban J connectivity index is 1.78. The molecule has 0 spiro atoms. The number of carbonyl (C=O) groups excluding carboxylic acids is 1. The van der Waals surface area contributed by atoms with E-state index in [4.69, 9.17) is 4.74 Å². The van der Waals surface area contributed by atoms with Crippen molar-refractivity contribution < 1.29 is 22.3 Å². The van der Waals surface area contributed by atoms with E-state index in [9.17, 15) is 17.6 Å². The lowest BCUT2D eigenvalue weighted by molar-refractivity contribution is -0.133. The third kappa shape index (κ3) is 6.15. The van der Waals surface area contributed by atoms with Crippen LogP contribution in [-0.4, -0.2) is 51.2 Å². The minimum atomic E-state index is -3.28. The monoisotopic (exact) mass is 344 g/mol. The first-order valence-corrected chi connectivity index (χ1v) is 9.36. The van der Waals surface area contributed by atoms with Gasteiger partial charge in [-0.25, -0.2) is 17.5 Å². The summed E-state index contributed by atoms with van der Waals surface area (Å²) in [6.45, 7) is 1.13. The van der Waals surface area contributed by atoms with Crippen LogP contribution in [0.5, 0.6) is 5.75 Å². The number of rotatable bonds is 6. The van der Waals surface area contributed by atoms with Gasteiger partial charge >= 0.3 is 0 Å². The number of likely N-dealkylation sites (tertiary alicyclic amines) is 1. The highest BCUT2D eigenvalue weighted by Gasteiger charge is 2.25. The first-order chi connectivity index (χ1) is 10.8. The first-order valence-electron chi connectivity index (χ1n) is 7.47. The van der Waals surface area contributed by atoms with Crippen LogP contribution in [0.4, 0.5) is 4.39 Å². The van der Waals surface area contributed by atoms with Gasteiger partial charge in [0.15, 0.2) is 0 Å². The van der Waals surface area contributed by atoms with Crippen molar-refractivity contribution in [2.45, 2.75) is 25.3 Å². The molecule has 23 heavy (non-hydrogen) atoms. The van der Waals surface area contributed by atoms with E-state index in [-0.39, 0.29) is 30.8 Å². The van der Waals surface area contributed by atoms with Crippen LogP contribution < -0.4 is 9.46 Å². The number of sulfonamides is 1. The highest BCUT2D eigenvalue weighted by molar-refractivity contribution is 7.88. The Morgan fingerprint density at radius 3 is 2.96 bits per heavy atom. The van der Waals surface area contributed by atoms with Crippen LogP contribution >= 0.6 is 0 Å². The number of nitrogens with zero attached hydrogens (tertiary/aromatic N) is 1. The molecule has 0 aromatic heterocycles. The Hall–Kier alpha value is -1.67. The molecular formula is C15H21FN2O4S. The van der Waals surface area contributed by atoms with Gasteiger partial charge in [-0.05, 0) is 25.0 Å². The van der Waals surface area contributed by atoms with Crippen LogP contribution in [0.1, 0.15) is 19.3 Å². The molecule has 1 amide bonds. The maximum atomic E-state index is 13.0. The van der Waals surface area contributed by atoms with Crippen molar-refractivity contribution in [2.24, 2.45) is 0 Å². The number of piperidine rings is 1. The lowest BCUT2D eigenvalue weighted by atomic mass is 10.1. The Kier molecular flexibility index (Phi) is 5.95. The molecule has 1 aromatic carbocycles. The second kappa shape index (κ2) is 7.74. The van der Waals surface area contributed by atoms with Crippen LogP contribution in [-0.2, 0) is 14.8 Å². The topological polar surface area (TPSA) is 75.7 Å². The van der Waals surface area contributed by atoms with E-state index < -0.39 is 10.0 Å². The quantitative estimate of drug-likeness (QED) is 0.839. The highest BCUT2D eigenvalue weighted by Crippen LogP contribution is 2.14. The normalized spacial score (nSPS) is 18.7. The van der Waals surface area contributed by atoms with Crippen LogP contribution in [0.2, 0.25) is 0 Å². The molecule has 1 N–H and O–H groups in total. The molecule has 0 saturated carbocycles. The summed E-state index contributed by atoms with van der Waals surface area (Å²) >= 11 is 0. The molecule has 6 nitrogen and oxygen atoms in total. The standard InChI is InChI=1S/C15H21FN2O4S/c1-23(20,21)17-13-5-3-8-18(11-13)15(19)7-9-22-14-6-2-4-12(16)10-14/h2,4,6,10,13,17H,3,5,7-9,11H2,1H3/t13-/m1/s1. The van der Waals surface area contributed by atoms with Gasteiger partial charge in [0, 0.05) is 25.2 Å². The van der Waals surface area contributed by atoms with E-state index in [2.05, 4.69) is 4.72 Å². The zero-order valence-electron chi connectivity index (χ0n) is 13.0. The van der Waals surface area contributed by atoms with E-state index in [0.29, 0.717) is 18.8 Å². The fraction of sp³-hybridized carbons (Fsp3) is 0.533. The summed E-state index contributed by atoms with van der Waals surface area (Å²) in [5.41, 5.74) is 0. The molecule has 0 bridgehead atoms. The molecule has 1 atom stereocenters. The van der Waals surface area contributed by atoms with E-state index in [1.54, 1.807) is 17.0 Å². The SMILES string of the molecule is CS(=O)(=O)N[C@@H]1CCCN(C(=O)CCOc2cccc(F)c2)C1. The summed E-state index contributed by atoms with van der Waals surface area (Å²) in [6.07, 6.45) is 2.75. The maximum absolute atomic E-state index is 13.0. The van der Waals surface area contributed by atoms with Gasteiger partial charge in [0.25, 0.3) is 0 Å². The summed E-state index contributed by atoms with van der Waals surface area (Å²) in [7, 11) is -3.28. The zero-order valence-corrected chi connectivity index (χ0v) is 13.8. The summed E-state index contributed by atoms with van der Waals surface area (Å²) < 4.78 is 43.4. The summed E-state index contributed by atoms with van der Waals surface area (Å²) in [6, 6.07) is 5.50. The van der Waals surface area contributed by atoms with Gasteiger partial charge in [-0.15, -0.1) is 0 Å². The van der Waals surface area contributed by atoms with Gasteiger partial charge in [0.2, 0.25) is 15.9 Å². The van der Waals surface area contributed by atoms with Crippen LogP contribution in [0.3, 0.4) is 0 Å². The van der Waals surface area contributed by atoms with E-state index in [1.165, 1.54) is 12.1 Å². The van der Waals surface area contributed by atoms with E-state index in [0.717, 1.165) is 19.1 Å². The second-order valence-corrected chi connectivity index (χ2v) is 7.40. The van der Waals surface area contributed by atoms with Crippen molar-refractivity contribution in [2.75, 3.05) is 26.0 Å². The molecule has 1 heterocycles. The summed E-state index contributed by atoms with van der Waals surface area (Å²) in [5.74, 6) is -0.103. The molecule has 2 rings (SSSR count). The molecule has 1 aromatic rings. The lowest BCUT2D eigenvalue weighted by Gasteiger charge is -2.32.